The molecule has 1 N–H and O–H groups in total. The lowest BCUT2D eigenvalue weighted by Gasteiger charge is -2.18. The fourth-order valence-electron chi connectivity index (χ4n) is 1.79. The summed E-state index contributed by atoms with van der Waals surface area (Å²) in [4.78, 5) is 22.4. The minimum Gasteiger partial charge on any atom is -0.508 e. The molecule has 5 heteroatoms. The molecule has 0 radical (unpaired) electrons. The van der Waals surface area contributed by atoms with Gasteiger partial charge in [-0.15, -0.1) is 0 Å². The van der Waals surface area contributed by atoms with Crippen LogP contribution in [0.15, 0.2) is 54.6 Å². The Kier molecular flexibility index (Phi) is 5.31. The molecule has 0 spiro atoms. The van der Waals surface area contributed by atoms with Crippen molar-refractivity contribution >= 4 is 5.91 Å². The van der Waals surface area contributed by atoms with Crippen molar-refractivity contribution in [3.8, 4) is 5.75 Å². The van der Waals surface area contributed by atoms with Crippen LogP contribution in [0.2, 0.25) is 0 Å². The number of hydrogen-bond donors (Lipinski definition) is 1. The van der Waals surface area contributed by atoms with Gasteiger partial charge in [0.25, 0.3) is 0 Å². The lowest BCUT2D eigenvalue weighted by atomic mass is 10.1. The zero-order valence-electron chi connectivity index (χ0n) is 11.7. The van der Waals surface area contributed by atoms with Crippen molar-refractivity contribution in [3.63, 3.8) is 0 Å². The van der Waals surface area contributed by atoms with E-state index in [0.29, 0.717) is 12.0 Å². The molecule has 2 aromatic rings. The molecule has 0 saturated carbocycles. The third-order valence-corrected chi connectivity index (χ3v) is 2.89. The molecule has 0 saturated heterocycles. The molecule has 21 heavy (non-hydrogen) atoms. The second-order valence-electron chi connectivity index (χ2n) is 4.36. The highest BCUT2D eigenvalue weighted by Gasteiger charge is 2.16. The van der Waals surface area contributed by atoms with Crippen LogP contribution >= 0.6 is 0 Å². The Morgan fingerprint density at radius 2 is 1.76 bits per heavy atom. The zero-order valence-corrected chi connectivity index (χ0v) is 11.7. The minimum atomic E-state index is -0.358. The Bertz CT molecular complexity index is 569. The van der Waals surface area contributed by atoms with E-state index in [0.717, 1.165) is 10.8 Å². The number of carbonyl (C=O) groups is 1. The van der Waals surface area contributed by atoms with Crippen molar-refractivity contribution in [1.82, 2.24) is 5.23 Å². The van der Waals surface area contributed by atoms with E-state index in [2.05, 4.69) is 0 Å². The van der Waals surface area contributed by atoms with Crippen molar-refractivity contribution in [1.29, 1.82) is 0 Å². The van der Waals surface area contributed by atoms with E-state index in [1.165, 1.54) is 7.11 Å². The molecule has 0 atom stereocenters. The van der Waals surface area contributed by atoms with Gasteiger partial charge in [0, 0.05) is 5.56 Å². The quantitative estimate of drug-likeness (QED) is 0.830. The van der Waals surface area contributed by atoms with Gasteiger partial charge in [0.05, 0.1) is 13.7 Å². The van der Waals surface area contributed by atoms with Crippen LogP contribution < -0.4 is 0 Å². The zero-order chi connectivity index (χ0) is 15.1. The fraction of sp³-hybridized carbons (Fsp3) is 0.188. The number of carbonyl (C=O) groups excluding carboxylic acids is 1. The third kappa shape index (κ3) is 4.30. The van der Waals surface area contributed by atoms with E-state index in [1.54, 1.807) is 48.5 Å². The van der Waals surface area contributed by atoms with E-state index in [1.807, 2.05) is 6.07 Å². The molecule has 0 aliphatic heterocycles. The van der Waals surface area contributed by atoms with Crippen molar-refractivity contribution in [2.24, 2.45) is 0 Å². The molecular formula is C16H17NO4. The van der Waals surface area contributed by atoms with E-state index < -0.39 is 0 Å². The van der Waals surface area contributed by atoms with Gasteiger partial charge in [-0.25, -0.2) is 9.68 Å². The Morgan fingerprint density at radius 3 is 2.38 bits per heavy atom. The summed E-state index contributed by atoms with van der Waals surface area (Å²) in [6.45, 7) is 0.289. The maximum atomic E-state index is 12.1. The van der Waals surface area contributed by atoms with E-state index >= 15 is 0 Å². The Labute approximate surface area is 123 Å². The van der Waals surface area contributed by atoms with Crippen molar-refractivity contribution in [2.45, 2.75) is 6.42 Å². The van der Waals surface area contributed by atoms with E-state index in [9.17, 15) is 9.90 Å². The van der Waals surface area contributed by atoms with Crippen LogP contribution in [0.4, 0.5) is 0 Å². The summed E-state index contributed by atoms with van der Waals surface area (Å²) in [6, 6.07) is 15.6. The third-order valence-electron chi connectivity index (χ3n) is 2.89. The van der Waals surface area contributed by atoms with Gasteiger partial charge < -0.3 is 5.11 Å². The maximum Gasteiger partial charge on any atom is 0.303 e. The fourth-order valence-corrected chi connectivity index (χ4v) is 1.79. The highest BCUT2D eigenvalue weighted by Crippen LogP contribution is 2.11. The second kappa shape index (κ2) is 7.42. The first-order valence-electron chi connectivity index (χ1n) is 6.55. The van der Waals surface area contributed by atoms with Gasteiger partial charge in [0.2, 0.25) is 0 Å². The van der Waals surface area contributed by atoms with Gasteiger partial charge in [-0.2, -0.15) is 0 Å². The molecule has 5 nitrogen and oxygen atoms in total. The highest BCUT2D eigenvalue weighted by atomic mass is 16.9. The number of benzene rings is 2. The SMILES string of the molecule is CON(OCCc1ccc(O)cc1)C(=O)c1ccccc1. The van der Waals surface area contributed by atoms with Gasteiger partial charge in [-0.1, -0.05) is 35.6 Å². The summed E-state index contributed by atoms with van der Waals surface area (Å²) < 4.78 is 0. The predicted octanol–water partition coefficient (Wildman–Crippen LogP) is 2.57. The van der Waals surface area contributed by atoms with Crippen LogP contribution in [-0.2, 0) is 16.1 Å². The average Bonchev–Trinajstić information content (AvgIpc) is 2.53. The monoisotopic (exact) mass is 287 g/mol. The Hall–Kier alpha value is -2.37. The first-order valence-corrected chi connectivity index (χ1v) is 6.55. The average molecular weight is 287 g/mol. The molecule has 0 heterocycles. The lowest BCUT2D eigenvalue weighted by molar-refractivity contribution is -0.313. The standard InChI is InChI=1S/C16H17NO4/c1-20-17(16(19)14-5-3-2-4-6-14)21-12-11-13-7-9-15(18)10-8-13/h2-10,18H,11-12H2,1H3. The second-order valence-corrected chi connectivity index (χ2v) is 4.36. The summed E-state index contributed by atoms with van der Waals surface area (Å²) in [5, 5.41) is 10.1. The van der Waals surface area contributed by atoms with E-state index in [-0.39, 0.29) is 18.3 Å². The number of rotatable bonds is 6. The van der Waals surface area contributed by atoms with Gasteiger partial charge in [0.15, 0.2) is 0 Å². The van der Waals surface area contributed by atoms with Gasteiger partial charge >= 0.3 is 5.91 Å². The minimum absolute atomic E-state index is 0.220. The van der Waals surface area contributed by atoms with Crippen LogP contribution in [-0.4, -0.2) is 30.0 Å². The Balaban J connectivity index is 1.88. The number of hydrogen-bond acceptors (Lipinski definition) is 4. The number of aromatic hydroxyl groups is 1. The number of phenols is 1. The maximum absolute atomic E-state index is 12.1. The van der Waals surface area contributed by atoms with Gasteiger partial charge in [-0.3, -0.25) is 4.79 Å². The van der Waals surface area contributed by atoms with Crippen LogP contribution in [0.5, 0.6) is 5.75 Å². The van der Waals surface area contributed by atoms with Crippen LogP contribution in [0, 0.1) is 0 Å². The molecule has 0 bridgehead atoms. The number of nitrogens with zero attached hydrogens (tertiary/aromatic N) is 1. The normalized spacial score (nSPS) is 10.3. The van der Waals surface area contributed by atoms with Crippen molar-refractivity contribution < 1.29 is 19.6 Å². The number of amides is 1. The largest absolute Gasteiger partial charge is 0.508 e. The summed E-state index contributed by atoms with van der Waals surface area (Å²) in [5.74, 6) is -0.138. The summed E-state index contributed by atoms with van der Waals surface area (Å²) in [6.07, 6.45) is 0.599. The molecule has 0 aromatic heterocycles. The van der Waals surface area contributed by atoms with Crippen LogP contribution in [0.1, 0.15) is 15.9 Å². The molecule has 110 valence electrons. The molecule has 2 rings (SSSR count). The molecule has 1 amide bonds. The topological polar surface area (TPSA) is 59.0 Å². The molecule has 0 fully saturated rings. The summed E-state index contributed by atoms with van der Waals surface area (Å²) in [5.41, 5.74) is 1.49. The first kappa shape index (κ1) is 15.0. The van der Waals surface area contributed by atoms with E-state index in [4.69, 9.17) is 9.68 Å². The first-order chi connectivity index (χ1) is 10.2. The van der Waals surface area contributed by atoms with Crippen LogP contribution in [0.25, 0.3) is 0 Å². The summed E-state index contributed by atoms with van der Waals surface area (Å²) >= 11 is 0. The van der Waals surface area contributed by atoms with Gasteiger partial charge in [0.1, 0.15) is 5.75 Å². The van der Waals surface area contributed by atoms with Crippen molar-refractivity contribution in [3.05, 3.63) is 65.7 Å². The molecule has 0 aliphatic rings. The smallest absolute Gasteiger partial charge is 0.303 e. The predicted molar refractivity (Wildman–Crippen MR) is 77.4 cm³/mol. The summed E-state index contributed by atoms with van der Waals surface area (Å²) in [7, 11) is 1.38. The van der Waals surface area contributed by atoms with Crippen LogP contribution in [0.3, 0.4) is 0 Å². The molecule has 0 unspecified atom stereocenters. The highest BCUT2D eigenvalue weighted by molar-refractivity contribution is 5.92. The van der Waals surface area contributed by atoms with Gasteiger partial charge in [-0.05, 0) is 36.2 Å². The lowest BCUT2D eigenvalue weighted by Crippen LogP contribution is -2.31. The van der Waals surface area contributed by atoms with Crippen molar-refractivity contribution in [2.75, 3.05) is 13.7 Å². The Morgan fingerprint density at radius 1 is 1.10 bits per heavy atom. The number of phenolic OH excluding ortho intramolecular Hbond substituents is 1. The number of hydroxylamine groups is 2. The molecule has 0 aliphatic carbocycles. The molecule has 2 aromatic carbocycles. The molecular weight excluding hydrogens is 270 g/mol.